The number of carbonyl (C=O) groups excluding carboxylic acids is 1. The molecule has 7 atom stereocenters. The lowest BCUT2D eigenvalue weighted by atomic mass is 9.82. The minimum absolute atomic E-state index is 0.159. The van der Waals surface area contributed by atoms with E-state index >= 15 is 0 Å². The van der Waals surface area contributed by atoms with Gasteiger partial charge in [-0.1, -0.05) is 6.58 Å². The molecule has 0 unspecified atom stereocenters. The van der Waals surface area contributed by atoms with Crippen LogP contribution in [0.3, 0.4) is 0 Å². The summed E-state index contributed by atoms with van der Waals surface area (Å²) < 4.78 is 16.4. The molecule has 0 radical (unpaired) electrons. The van der Waals surface area contributed by atoms with Crippen molar-refractivity contribution in [3.8, 4) is 0 Å². The molecule has 3 aliphatic heterocycles. The fourth-order valence-electron chi connectivity index (χ4n) is 3.63. The highest BCUT2D eigenvalue weighted by Crippen LogP contribution is 2.53. The Hall–Kier alpha value is -0.950. The fourth-order valence-corrected chi connectivity index (χ4v) is 3.63. The van der Waals surface area contributed by atoms with E-state index in [0.717, 1.165) is 0 Å². The van der Waals surface area contributed by atoms with Crippen LogP contribution in [0.4, 0.5) is 0 Å². The lowest BCUT2D eigenvalue weighted by Gasteiger charge is -2.23. The number of aliphatic hydroxyl groups excluding tert-OH is 1. The second-order valence-corrected chi connectivity index (χ2v) is 6.50. The number of ether oxygens (including phenoxy) is 3. The molecule has 4 aliphatic rings. The zero-order valence-corrected chi connectivity index (χ0v) is 11.2. The Balaban J connectivity index is 1.66. The number of carbonyl (C=O) groups is 1. The third-order valence-corrected chi connectivity index (χ3v) is 5.18. The average molecular weight is 282 g/mol. The second kappa shape index (κ2) is 3.62. The van der Waals surface area contributed by atoms with Gasteiger partial charge in [0.2, 0.25) is 5.79 Å². The lowest BCUT2D eigenvalue weighted by molar-refractivity contribution is -0.140. The molecule has 110 valence electrons. The van der Waals surface area contributed by atoms with Crippen molar-refractivity contribution in [3.63, 3.8) is 0 Å². The van der Waals surface area contributed by atoms with Crippen LogP contribution in [0.1, 0.15) is 26.2 Å². The van der Waals surface area contributed by atoms with Crippen molar-refractivity contribution in [3.05, 3.63) is 12.2 Å². The largest absolute Gasteiger partial charge is 0.455 e. The van der Waals surface area contributed by atoms with E-state index in [4.69, 9.17) is 14.2 Å². The Morgan fingerprint density at radius 1 is 1.40 bits per heavy atom. The SMILES string of the molecule is C=C1C(=O)O[C@@H]2[C@H]3O[C@]3(C)CC[C@H]3O[C@]3(O)[C@H](O)C[C@@H]12. The summed E-state index contributed by atoms with van der Waals surface area (Å²) in [5.41, 5.74) is -0.00328. The van der Waals surface area contributed by atoms with Crippen LogP contribution in [0.25, 0.3) is 0 Å². The predicted octanol–water partition coefficient (Wildman–Crippen LogP) is -0.126. The number of aliphatic hydroxyl groups is 2. The monoisotopic (exact) mass is 282 g/mol. The van der Waals surface area contributed by atoms with E-state index in [1.165, 1.54) is 0 Å². The van der Waals surface area contributed by atoms with Gasteiger partial charge in [-0.15, -0.1) is 0 Å². The zero-order chi connectivity index (χ0) is 14.3. The highest BCUT2D eigenvalue weighted by molar-refractivity contribution is 5.91. The molecule has 0 aromatic carbocycles. The summed E-state index contributed by atoms with van der Waals surface area (Å²) in [6, 6.07) is 0. The van der Waals surface area contributed by atoms with E-state index in [-0.39, 0.29) is 30.1 Å². The first-order valence-electron chi connectivity index (χ1n) is 7.01. The van der Waals surface area contributed by atoms with Gasteiger partial charge in [0.1, 0.15) is 24.4 Å². The van der Waals surface area contributed by atoms with Crippen LogP contribution in [-0.4, -0.2) is 52.0 Å². The number of hydrogen-bond donors (Lipinski definition) is 2. The van der Waals surface area contributed by atoms with Crippen LogP contribution in [0.5, 0.6) is 0 Å². The van der Waals surface area contributed by atoms with E-state index in [0.29, 0.717) is 18.4 Å². The quantitative estimate of drug-likeness (QED) is 0.365. The first kappa shape index (κ1) is 12.8. The molecule has 2 N–H and O–H groups in total. The lowest BCUT2D eigenvalue weighted by Crippen LogP contribution is -2.39. The van der Waals surface area contributed by atoms with E-state index in [1.54, 1.807) is 0 Å². The molecule has 6 nitrogen and oxygen atoms in total. The summed E-state index contributed by atoms with van der Waals surface area (Å²) in [7, 11) is 0. The fraction of sp³-hybridized carbons (Fsp3) is 0.786. The molecule has 6 heteroatoms. The molecular weight excluding hydrogens is 264 g/mol. The molecule has 1 saturated carbocycles. The van der Waals surface area contributed by atoms with Gasteiger partial charge < -0.3 is 24.4 Å². The van der Waals surface area contributed by atoms with Gasteiger partial charge in [0, 0.05) is 11.5 Å². The number of hydrogen-bond acceptors (Lipinski definition) is 6. The maximum atomic E-state index is 11.7. The van der Waals surface area contributed by atoms with Gasteiger partial charge in [-0.3, -0.25) is 0 Å². The molecule has 0 aromatic heterocycles. The topological polar surface area (TPSA) is 91.8 Å². The standard InChI is InChI=1S/C14H18O6/c1-6-7-5-8(15)14(17)9(19-14)3-4-13(2)11(20-13)10(7)18-12(6)16/h7-11,15,17H,1,3-5H2,2H3/t7-,8+,9+,10-,11+,13+,14+/m0/s1. The van der Waals surface area contributed by atoms with Gasteiger partial charge in [-0.05, 0) is 26.2 Å². The summed E-state index contributed by atoms with van der Waals surface area (Å²) in [5.74, 6) is -2.27. The Labute approximate surface area is 116 Å². The van der Waals surface area contributed by atoms with Crippen LogP contribution in [0, 0.1) is 5.92 Å². The Kier molecular flexibility index (Phi) is 2.31. The highest BCUT2D eigenvalue weighted by Gasteiger charge is 2.67. The minimum Gasteiger partial charge on any atom is -0.455 e. The summed E-state index contributed by atoms with van der Waals surface area (Å²) in [6.45, 7) is 5.73. The van der Waals surface area contributed by atoms with Gasteiger partial charge in [-0.25, -0.2) is 4.79 Å². The summed E-state index contributed by atoms with van der Waals surface area (Å²) in [6.07, 6.45) is -0.479. The molecular formula is C14H18O6. The van der Waals surface area contributed by atoms with Crippen molar-refractivity contribution in [1.29, 1.82) is 0 Å². The molecule has 0 bridgehead atoms. The Morgan fingerprint density at radius 2 is 2.15 bits per heavy atom. The van der Waals surface area contributed by atoms with Gasteiger partial charge in [-0.2, -0.15) is 0 Å². The molecule has 4 fully saturated rings. The van der Waals surface area contributed by atoms with Crippen molar-refractivity contribution < 1.29 is 29.2 Å². The first-order chi connectivity index (χ1) is 9.35. The molecule has 20 heavy (non-hydrogen) atoms. The highest BCUT2D eigenvalue weighted by atomic mass is 16.7. The van der Waals surface area contributed by atoms with Crippen molar-refractivity contribution in [1.82, 2.24) is 0 Å². The first-order valence-corrected chi connectivity index (χ1v) is 7.01. The van der Waals surface area contributed by atoms with E-state index < -0.39 is 24.0 Å². The maximum Gasteiger partial charge on any atom is 0.334 e. The molecule has 3 saturated heterocycles. The number of esters is 1. The van der Waals surface area contributed by atoms with Crippen molar-refractivity contribution in [2.75, 3.05) is 0 Å². The van der Waals surface area contributed by atoms with Crippen LogP contribution in [0.2, 0.25) is 0 Å². The number of rotatable bonds is 0. The van der Waals surface area contributed by atoms with E-state index in [9.17, 15) is 15.0 Å². The van der Waals surface area contributed by atoms with Crippen LogP contribution < -0.4 is 0 Å². The summed E-state index contributed by atoms with van der Waals surface area (Å²) >= 11 is 0. The van der Waals surface area contributed by atoms with Crippen LogP contribution in [0.15, 0.2) is 12.2 Å². The van der Waals surface area contributed by atoms with Gasteiger partial charge in [0.15, 0.2) is 0 Å². The maximum absolute atomic E-state index is 11.7. The van der Waals surface area contributed by atoms with Crippen molar-refractivity contribution in [2.45, 2.75) is 62.0 Å². The second-order valence-electron chi connectivity index (χ2n) is 6.50. The van der Waals surface area contributed by atoms with Crippen molar-refractivity contribution in [2.24, 2.45) is 5.92 Å². The number of fused-ring (bicyclic) bond motifs is 4. The van der Waals surface area contributed by atoms with Crippen LogP contribution in [-0.2, 0) is 19.0 Å². The molecule has 0 amide bonds. The molecule has 4 rings (SSSR count). The smallest absolute Gasteiger partial charge is 0.334 e. The Morgan fingerprint density at radius 3 is 2.90 bits per heavy atom. The Bertz CT molecular complexity index is 504. The average Bonchev–Trinajstić information content (AvgIpc) is 3.23. The van der Waals surface area contributed by atoms with Gasteiger partial charge in [0.05, 0.1) is 5.60 Å². The van der Waals surface area contributed by atoms with E-state index in [2.05, 4.69) is 6.58 Å². The number of epoxide rings is 2. The third kappa shape index (κ3) is 1.56. The van der Waals surface area contributed by atoms with Gasteiger partial charge in [0.25, 0.3) is 0 Å². The van der Waals surface area contributed by atoms with E-state index in [1.807, 2.05) is 6.92 Å². The minimum atomic E-state index is -1.49. The normalized spacial score (nSPS) is 57.2. The zero-order valence-electron chi connectivity index (χ0n) is 11.2. The third-order valence-electron chi connectivity index (χ3n) is 5.18. The molecule has 0 spiro atoms. The molecule has 1 aliphatic carbocycles. The summed E-state index contributed by atoms with van der Waals surface area (Å²) in [4.78, 5) is 11.7. The molecule has 0 aromatic rings. The summed E-state index contributed by atoms with van der Waals surface area (Å²) in [5, 5.41) is 20.4. The molecule has 3 heterocycles. The van der Waals surface area contributed by atoms with Gasteiger partial charge >= 0.3 is 5.97 Å². The van der Waals surface area contributed by atoms with Crippen LogP contribution >= 0.6 is 0 Å². The predicted molar refractivity (Wildman–Crippen MR) is 65.5 cm³/mol. The van der Waals surface area contributed by atoms with Crippen molar-refractivity contribution >= 4 is 5.97 Å².